The molecule has 3 rings (SSSR count). The third kappa shape index (κ3) is 2.25. The lowest BCUT2D eigenvalue weighted by Crippen LogP contribution is -2.55. The third-order valence-corrected chi connectivity index (χ3v) is 3.86. The number of rotatable bonds is 3. The molecule has 0 radical (unpaired) electrons. The minimum absolute atomic E-state index is 0.207. The standard InChI is InChI=1S/C13H12N2O4S/c14-3-4-15-12(16)11(20-13(15)17)6-8-1-2-9-10(5-8)19-7-18-9/h1-2,5-6H,3-4,7,14H2/p+1/b11-6+. The van der Waals surface area contributed by atoms with E-state index >= 15 is 0 Å². The number of imide groups is 1. The predicted molar refractivity (Wildman–Crippen MR) is 73.0 cm³/mol. The summed E-state index contributed by atoms with van der Waals surface area (Å²) in [5.41, 5.74) is 4.46. The van der Waals surface area contributed by atoms with Crippen LogP contribution in [0.5, 0.6) is 11.5 Å². The first-order chi connectivity index (χ1) is 9.69. The highest BCUT2D eigenvalue weighted by Crippen LogP contribution is 2.36. The van der Waals surface area contributed by atoms with E-state index in [-0.39, 0.29) is 17.9 Å². The summed E-state index contributed by atoms with van der Waals surface area (Å²) in [4.78, 5) is 25.4. The molecule has 2 heterocycles. The summed E-state index contributed by atoms with van der Waals surface area (Å²) >= 11 is 0.949. The van der Waals surface area contributed by atoms with Gasteiger partial charge in [-0.25, -0.2) is 0 Å². The van der Waals surface area contributed by atoms with E-state index in [1.807, 2.05) is 6.07 Å². The fourth-order valence-electron chi connectivity index (χ4n) is 2.01. The van der Waals surface area contributed by atoms with E-state index in [0.29, 0.717) is 29.5 Å². The van der Waals surface area contributed by atoms with E-state index < -0.39 is 0 Å². The molecule has 2 aliphatic heterocycles. The molecule has 1 saturated heterocycles. The van der Waals surface area contributed by atoms with Crippen molar-refractivity contribution >= 4 is 29.0 Å². The summed E-state index contributed by atoms with van der Waals surface area (Å²) in [6, 6.07) is 5.40. The van der Waals surface area contributed by atoms with Crippen molar-refractivity contribution in [3.63, 3.8) is 0 Å². The van der Waals surface area contributed by atoms with Crippen molar-refractivity contribution in [1.82, 2.24) is 4.90 Å². The number of carbonyl (C=O) groups is 2. The second-order valence-electron chi connectivity index (χ2n) is 4.30. The van der Waals surface area contributed by atoms with Crippen LogP contribution in [-0.4, -0.2) is 35.9 Å². The maximum absolute atomic E-state index is 12.1. The van der Waals surface area contributed by atoms with Crippen molar-refractivity contribution in [3.05, 3.63) is 28.7 Å². The zero-order chi connectivity index (χ0) is 14.1. The summed E-state index contributed by atoms with van der Waals surface area (Å²) < 4.78 is 10.5. The van der Waals surface area contributed by atoms with Gasteiger partial charge in [0.2, 0.25) is 6.79 Å². The van der Waals surface area contributed by atoms with Crippen LogP contribution in [0.2, 0.25) is 0 Å². The Hall–Kier alpha value is -1.99. The molecule has 1 aromatic rings. The average Bonchev–Trinajstić information content (AvgIpc) is 2.99. The first-order valence-corrected chi connectivity index (χ1v) is 6.95. The minimum atomic E-state index is -0.263. The van der Waals surface area contributed by atoms with Gasteiger partial charge in [-0.3, -0.25) is 14.5 Å². The lowest BCUT2D eigenvalue weighted by atomic mass is 10.2. The predicted octanol–water partition coefficient (Wildman–Crippen LogP) is 0.693. The molecule has 0 bridgehead atoms. The molecule has 104 valence electrons. The summed E-state index contributed by atoms with van der Waals surface area (Å²) in [6.07, 6.45) is 1.69. The molecule has 2 amide bonds. The molecule has 2 aliphatic rings. The van der Waals surface area contributed by atoms with Gasteiger partial charge in [0, 0.05) is 0 Å². The number of benzene rings is 1. The molecule has 0 aliphatic carbocycles. The lowest BCUT2D eigenvalue weighted by Gasteiger charge is -2.08. The van der Waals surface area contributed by atoms with Crippen molar-refractivity contribution in [2.24, 2.45) is 0 Å². The average molecular weight is 293 g/mol. The van der Waals surface area contributed by atoms with Gasteiger partial charge in [0.05, 0.1) is 18.0 Å². The Bertz CT molecular complexity index is 614. The number of ether oxygens (including phenoxy) is 2. The van der Waals surface area contributed by atoms with Gasteiger partial charge < -0.3 is 15.2 Å². The maximum Gasteiger partial charge on any atom is 0.293 e. The van der Waals surface area contributed by atoms with Crippen LogP contribution in [0.3, 0.4) is 0 Å². The molecule has 1 aromatic carbocycles. The van der Waals surface area contributed by atoms with Gasteiger partial charge in [-0.1, -0.05) is 6.07 Å². The second kappa shape index (κ2) is 5.18. The van der Waals surface area contributed by atoms with Crippen molar-refractivity contribution in [2.75, 3.05) is 19.9 Å². The number of hydrogen-bond donors (Lipinski definition) is 1. The SMILES string of the molecule is [NH3+]CCN1C(=O)S/C(=C/c2ccc3c(c2)OCO3)C1=O. The van der Waals surface area contributed by atoms with Gasteiger partial charge in [0.25, 0.3) is 11.1 Å². The van der Waals surface area contributed by atoms with Gasteiger partial charge in [-0.15, -0.1) is 0 Å². The number of amides is 2. The number of carbonyl (C=O) groups excluding carboxylic acids is 2. The highest BCUT2D eigenvalue weighted by molar-refractivity contribution is 8.18. The molecule has 0 aromatic heterocycles. The van der Waals surface area contributed by atoms with Crippen molar-refractivity contribution < 1.29 is 24.8 Å². The Morgan fingerprint density at radius 1 is 1.30 bits per heavy atom. The largest absolute Gasteiger partial charge is 0.454 e. The fraction of sp³-hybridized carbons (Fsp3) is 0.231. The molecule has 7 heteroatoms. The molecule has 1 fully saturated rings. The Labute approximate surface area is 119 Å². The van der Waals surface area contributed by atoms with Crippen LogP contribution in [0.1, 0.15) is 5.56 Å². The van der Waals surface area contributed by atoms with Crippen LogP contribution < -0.4 is 15.2 Å². The van der Waals surface area contributed by atoms with E-state index in [1.54, 1.807) is 18.2 Å². The van der Waals surface area contributed by atoms with Gasteiger partial charge >= 0.3 is 0 Å². The van der Waals surface area contributed by atoms with E-state index in [4.69, 9.17) is 9.47 Å². The number of thioether (sulfide) groups is 1. The summed E-state index contributed by atoms with van der Waals surface area (Å²) in [7, 11) is 0. The Kier molecular flexibility index (Phi) is 3.37. The van der Waals surface area contributed by atoms with Crippen LogP contribution in [0, 0.1) is 0 Å². The lowest BCUT2D eigenvalue weighted by molar-refractivity contribution is -0.367. The number of nitrogens with zero attached hydrogens (tertiary/aromatic N) is 1. The highest BCUT2D eigenvalue weighted by Gasteiger charge is 2.34. The van der Waals surface area contributed by atoms with E-state index in [9.17, 15) is 9.59 Å². The van der Waals surface area contributed by atoms with Crippen molar-refractivity contribution in [3.8, 4) is 11.5 Å². The van der Waals surface area contributed by atoms with E-state index in [2.05, 4.69) is 5.73 Å². The Balaban J connectivity index is 1.86. The van der Waals surface area contributed by atoms with Crippen LogP contribution in [0.15, 0.2) is 23.1 Å². The van der Waals surface area contributed by atoms with Crippen LogP contribution in [0.25, 0.3) is 6.08 Å². The third-order valence-electron chi connectivity index (χ3n) is 2.95. The molecule has 0 spiro atoms. The number of hydrogen-bond acceptors (Lipinski definition) is 5. The van der Waals surface area contributed by atoms with Gasteiger partial charge in [0.15, 0.2) is 11.5 Å². The van der Waals surface area contributed by atoms with Gasteiger partial charge in [-0.05, 0) is 35.5 Å². The maximum atomic E-state index is 12.1. The molecular weight excluding hydrogens is 280 g/mol. The van der Waals surface area contributed by atoms with E-state index in [0.717, 1.165) is 17.3 Å². The summed E-state index contributed by atoms with van der Waals surface area (Å²) in [5.74, 6) is 1.07. The van der Waals surface area contributed by atoms with Crippen molar-refractivity contribution in [2.45, 2.75) is 0 Å². The highest BCUT2D eigenvalue weighted by atomic mass is 32.2. The molecular formula is C13H13N2O4S+. The second-order valence-corrected chi connectivity index (χ2v) is 5.29. The van der Waals surface area contributed by atoms with Crippen molar-refractivity contribution in [1.29, 1.82) is 0 Å². The smallest absolute Gasteiger partial charge is 0.293 e. The number of quaternary nitrogens is 1. The molecule has 0 saturated carbocycles. The molecule has 3 N–H and O–H groups in total. The minimum Gasteiger partial charge on any atom is -0.454 e. The summed E-state index contributed by atoms with van der Waals surface area (Å²) in [5, 5.41) is -0.245. The first-order valence-electron chi connectivity index (χ1n) is 6.13. The summed E-state index contributed by atoms with van der Waals surface area (Å²) in [6.45, 7) is 1.07. The normalized spacial score (nSPS) is 19.2. The number of fused-ring (bicyclic) bond motifs is 1. The topological polar surface area (TPSA) is 83.5 Å². The molecule has 6 nitrogen and oxygen atoms in total. The van der Waals surface area contributed by atoms with Crippen LogP contribution in [0.4, 0.5) is 4.79 Å². The van der Waals surface area contributed by atoms with Gasteiger partial charge in [0.1, 0.15) is 0 Å². The zero-order valence-corrected chi connectivity index (χ0v) is 11.4. The van der Waals surface area contributed by atoms with Crippen LogP contribution >= 0.6 is 11.8 Å². The molecule has 20 heavy (non-hydrogen) atoms. The van der Waals surface area contributed by atoms with Gasteiger partial charge in [-0.2, -0.15) is 0 Å². The first kappa shape index (κ1) is 13.0. The molecule has 0 unspecified atom stereocenters. The Morgan fingerprint density at radius 2 is 2.10 bits per heavy atom. The monoisotopic (exact) mass is 293 g/mol. The fourth-order valence-corrected chi connectivity index (χ4v) is 2.87. The van der Waals surface area contributed by atoms with Crippen LogP contribution in [-0.2, 0) is 4.79 Å². The van der Waals surface area contributed by atoms with E-state index in [1.165, 1.54) is 4.90 Å². The quantitative estimate of drug-likeness (QED) is 0.829. The zero-order valence-electron chi connectivity index (χ0n) is 10.6. The Morgan fingerprint density at radius 3 is 2.90 bits per heavy atom. The molecule has 0 atom stereocenters.